The van der Waals surface area contributed by atoms with E-state index < -0.39 is 5.82 Å². The monoisotopic (exact) mass is 268 g/mol. The Labute approximate surface area is 94.1 Å². The predicted octanol–water partition coefficient (Wildman–Crippen LogP) is 3.17. The molecule has 0 aliphatic heterocycles. The molecule has 0 amide bonds. The molecule has 1 aromatic carbocycles. The number of rotatable bonds is 2. The lowest BCUT2D eigenvalue weighted by Gasteiger charge is -2.03. The van der Waals surface area contributed by atoms with Crippen LogP contribution in [-0.4, -0.2) is 9.97 Å². The topological polar surface area (TPSA) is 35.0 Å². The Kier molecular flexibility index (Phi) is 2.91. The van der Waals surface area contributed by atoms with Gasteiger partial charge in [0.1, 0.15) is 0 Å². The predicted molar refractivity (Wildman–Crippen MR) is 56.2 cm³/mol. The van der Waals surface area contributed by atoms with Crippen molar-refractivity contribution in [2.75, 3.05) is 0 Å². The third kappa shape index (κ3) is 2.50. The first-order valence-corrected chi connectivity index (χ1v) is 4.95. The largest absolute Gasteiger partial charge is 0.421 e. The Morgan fingerprint density at radius 1 is 1.20 bits per heavy atom. The van der Waals surface area contributed by atoms with E-state index in [9.17, 15) is 4.39 Å². The summed E-state index contributed by atoms with van der Waals surface area (Å²) in [6.45, 7) is 0. The molecule has 0 spiro atoms. The Morgan fingerprint density at radius 2 is 1.93 bits per heavy atom. The molecular formula is C10H6BrFN2O. The van der Waals surface area contributed by atoms with E-state index in [1.165, 1.54) is 24.5 Å². The second kappa shape index (κ2) is 4.35. The van der Waals surface area contributed by atoms with Crippen LogP contribution in [0.15, 0.2) is 41.1 Å². The molecule has 0 bridgehead atoms. The van der Waals surface area contributed by atoms with Gasteiger partial charge in [-0.05, 0) is 24.3 Å². The van der Waals surface area contributed by atoms with Gasteiger partial charge in [-0.2, -0.15) is 0 Å². The number of benzene rings is 1. The third-order valence-electron chi connectivity index (χ3n) is 1.64. The van der Waals surface area contributed by atoms with Crippen LogP contribution in [-0.2, 0) is 0 Å². The number of nitrogens with zero attached hydrogens (tertiary/aromatic N) is 2. The van der Waals surface area contributed by atoms with Crippen molar-refractivity contribution in [2.24, 2.45) is 0 Å². The van der Waals surface area contributed by atoms with Crippen LogP contribution in [0.5, 0.6) is 11.8 Å². The normalized spacial score (nSPS) is 10.0. The van der Waals surface area contributed by atoms with E-state index in [0.29, 0.717) is 4.47 Å². The fourth-order valence-corrected chi connectivity index (χ4v) is 1.33. The molecule has 1 heterocycles. The van der Waals surface area contributed by atoms with E-state index in [0.717, 1.165) is 0 Å². The van der Waals surface area contributed by atoms with E-state index in [1.807, 2.05) is 0 Å². The van der Waals surface area contributed by atoms with Crippen molar-refractivity contribution >= 4 is 15.9 Å². The summed E-state index contributed by atoms with van der Waals surface area (Å²) in [6, 6.07) is 6.29. The quantitative estimate of drug-likeness (QED) is 0.839. The second-order valence-corrected chi connectivity index (χ2v) is 3.62. The van der Waals surface area contributed by atoms with Crippen molar-refractivity contribution in [1.29, 1.82) is 0 Å². The summed E-state index contributed by atoms with van der Waals surface area (Å²) in [5, 5.41) is 0. The fourth-order valence-electron chi connectivity index (χ4n) is 0.994. The van der Waals surface area contributed by atoms with Crippen molar-refractivity contribution in [1.82, 2.24) is 9.97 Å². The van der Waals surface area contributed by atoms with Crippen LogP contribution in [0.3, 0.4) is 0 Å². The summed E-state index contributed by atoms with van der Waals surface area (Å²) in [4.78, 5) is 7.65. The first-order valence-electron chi connectivity index (χ1n) is 4.15. The zero-order valence-corrected chi connectivity index (χ0v) is 9.11. The number of hydrogen-bond acceptors (Lipinski definition) is 3. The van der Waals surface area contributed by atoms with E-state index >= 15 is 0 Å². The van der Waals surface area contributed by atoms with Gasteiger partial charge in [0, 0.05) is 16.9 Å². The van der Waals surface area contributed by atoms with Crippen LogP contribution >= 0.6 is 15.9 Å². The smallest absolute Gasteiger partial charge is 0.321 e. The molecule has 0 fully saturated rings. The summed E-state index contributed by atoms with van der Waals surface area (Å²) in [7, 11) is 0. The zero-order chi connectivity index (χ0) is 10.7. The van der Waals surface area contributed by atoms with Crippen molar-refractivity contribution in [2.45, 2.75) is 0 Å². The maximum atomic E-state index is 13.3. The second-order valence-electron chi connectivity index (χ2n) is 2.71. The summed E-state index contributed by atoms with van der Waals surface area (Å²) in [5.74, 6) is -0.360. The molecule has 76 valence electrons. The standard InChI is InChI=1S/C10H6BrFN2O/c11-7-2-3-9(8(12)6-7)15-10-13-4-1-5-14-10/h1-6H. The van der Waals surface area contributed by atoms with E-state index in [2.05, 4.69) is 25.9 Å². The average Bonchev–Trinajstić information content (AvgIpc) is 2.24. The van der Waals surface area contributed by atoms with Crippen molar-refractivity contribution < 1.29 is 9.13 Å². The molecule has 0 saturated heterocycles. The fraction of sp³-hybridized carbons (Fsp3) is 0. The van der Waals surface area contributed by atoms with Crippen LogP contribution in [0.25, 0.3) is 0 Å². The SMILES string of the molecule is Fc1cc(Br)ccc1Oc1ncccn1. The first kappa shape index (κ1) is 10.0. The summed E-state index contributed by atoms with van der Waals surface area (Å²) in [5.41, 5.74) is 0. The third-order valence-corrected chi connectivity index (χ3v) is 2.13. The number of aromatic nitrogens is 2. The van der Waals surface area contributed by atoms with Crippen molar-refractivity contribution in [3.63, 3.8) is 0 Å². The lowest BCUT2D eigenvalue weighted by molar-refractivity contribution is 0.411. The summed E-state index contributed by atoms with van der Waals surface area (Å²) < 4.78 is 19.1. The van der Waals surface area contributed by atoms with Crippen LogP contribution in [0.4, 0.5) is 4.39 Å². The van der Waals surface area contributed by atoms with Gasteiger partial charge in [0.05, 0.1) is 0 Å². The molecule has 2 rings (SSSR count). The van der Waals surface area contributed by atoms with Crippen LogP contribution in [0.2, 0.25) is 0 Å². The molecule has 0 atom stereocenters. The highest BCUT2D eigenvalue weighted by molar-refractivity contribution is 9.10. The number of halogens is 2. The van der Waals surface area contributed by atoms with Crippen LogP contribution in [0.1, 0.15) is 0 Å². The van der Waals surface area contributed by atoms with Gasteiger partial charge in [0.25, 0.3) is 0 Å². The Bertz CT molecular complexity index is 464. The van der Waals surface area contributed by atoms with Crippen LogP contribution < -0.4 is 4.74 Å². The van der Waals surface area contributed by atoms with Crippen LogP contribution in [0, 0.1) is 5.82 Å². The van der Waals surface area contributed by atoms with Gasteiger partial charge < -0.3 is 4.74 Å². The average molecular weight is 269 g/mol. The van der Waals surface area contributed by atoms with E-state index in [4.69, 9.17) is 4.74 Å². The lowest BCUT2D eigenvalue weighted by Crippen LogP contribution is -1.92. The van der Waals surface area contributed by atoms with Gasteiger partial charge in [-0.25, -0.2) is 14.4 Å². The minimum Gasteiger partial charge on any atom is -0.421 e. The molecule has 0 aliphatic rings. The van der Waals surface area contributed by atoms with Gasteiger partial charge in [0.2, 0.25) is 0 Å². The van der Waals surface area contributed by atoms with Gasteiger partial charge in [-0.15, -0.1) is 0 Å². The Balaban J connectivity index is 2.25. The molecule has 0 saturated carbocycles. The minimum absolute atomic E-state index is 0.101. The summed E-state index contributed by atoms with van der Waals surface area (Å²) in [6.07, 6.45) is 3.05. The molecule has 0 unspecified atom stereocenters. The zero-order valence-electron chi connectivity index (χ0n) is 7.52. The molecular weight excluding hydrogens is 263 g/mol. The molecule has 1 aromatic heterocycles. The van der Waals surface area contributed by atoms with Gasteiger partial charge in [0.15, 0.2) is 11.6 Å². The minimum atomic E-state index is -0.461. The van der Waals surface area contributed by atoms with Gasteiger partial charge >= 0.3 is 6.01 Å². The number of hydrogen-bond donors (Lipinski definition) is 0. The van der Waals surface area contributed by atoms with E-state index in [-0.39, 0.29) is 11.8 Å². The Hall–Kier alpha value is -1.49. The molecule has 3 nitrogen and oxygen atoms in total. The van der Waals surface area contributed by atoms with Gasteiger partial charge in [-0.3, -0.25) is 0 Å². The van der Waals surface area contributed by atoms with Crippen molar-refractivity contribution in [3.05, 3.63) is 46.9 Å². The first-order chi connectivity index (χ1) is 7.25. The highest BCUT2D eigenvalue weighted by atomic mass is 79.9. The maximum absolute atomic E-state index is 13.3. The lowest BCUT2D eigenvalue weighted by atomic mass is 10.3. The van der Waals surface area contributed by atoms with E-state index in [1.54, 1.807) is 12.1 Å². The maximum Gasteiger partial charge on any atom is 0.321 e. The molecule has 5 heteroatoms. The molecule has 0 N–H and O–H groups in total. The molecule has 0 aliphatic carbocycles. The number of ether oxygens (including phenoxy) is 1. The van der Waals surface area contributed by atoms with Gasteiger partial charge in [-0.1, -0.05) is 15.9 Å². The highest BCUT2D eigenvalue weighted by Crippen LogP contribution is 2.24. The van der Waals surface area contributed by atoms with Crippen molar-refractivity contribution in [3.8, 4) is 11.8 Å². The Morgan fingerprint density at radius 3 is 2.60 bits per heavy atom. The molecule has 0 radical (unpaired) electrons. The highest BCUT2D eigenvalue weighted by Gasteiger charge is 2.05. The molecule has 15 heavy (non-hydrogen) atoms. The summed E-state index contributed by atoms with van der Waals surface area (Å²) >= 11 is 3.15. The molecule has 2 aromatic rings.